The molecule has 0 aliphatic heterocycles. The first kappa shape index (κ1) is 14.5. The number of carbonyl (C=O) groups is 2. The second kappa shape index (κ2) is 5.88. The van der Waals surface area contributed by atoms with Gasteiger partial charge in [-0.1, -0.05) is 6.07 Å². The molecule has 1 aromatic carbocycles. The van der Waals surface area contributed by atoms with E-state index in [1.807, 2.05) is 0 Å². The number of benzene rings is 1. The highest BCUT2D eigenvalue weighted by Crippen LogP contribution is 2.28. The number of carbonyl (C=O) groups excluding carboxylic acids is 1. The summed E-state index contributed by atoms with van der Waals surface area (Å²) < 4.78 is 28.2. The Morgan fingerprint density at radius 2 is 2.11 bits per heavy atom. The predicted molar refractivity (Wildman–Crippen MR) is 55.8 cm³/mol. The van der Waals surface area contributed by atoms with Crippen molar-refractivity contribution in [2.45, 2.75) is 12.7 Å². The summed E-state index contributed by atoms with van der Waals surface area (Å²) >= 11 is 0. The van der Waals surface area contributed by atoms with E-state index in [4.69, 9.17) is 10.4 Å². The third-order valence-corrected chi connectivity index (χ3v) is 2.22. The van der Waals surface area contributed by atoms with E-state index < -0.39 is 35.6 Å². The highest BCUT2D eigenvalue weighted by Gasteiger charge is 2.24. The van der Waals surface area contributed by atoms with Crippen molar-refractivity contribution in [3.8, 4) is 11.8 Å². The zero-order valence-corrected chi connectivity index (χ0v) is 9.21. The van der Waals surface area contributed by atoms with Crippen LogP contribution in [0.1, 0.15) is 27.6 Å². The van der Waals surface area contributed by atoms with Gasteiger partial charge in [0.25, 0.3) is 0 Å². The number of hydrogen-bond donors (Lipinski definition) is 2. The van der Waals surface area contributed by atoms with Gasteiger partial charge in [-0.15, -0.1) is 0 Å². The molecule has 0 bridgehead atoms. The molecule has 0 fully saturated rings. The first-order chi connectivity index (χ1) is 8.92. The monoisotopic (exact) mass is 271 g/mol. The maximum Gasteiger partial charge on any atom is 0.387 e. The van der Waals surface area contributed by atoms with Crippen molar-refractivity contribution in [2.24, 2.45) is 0 Å². The van der Waals surface area contributed by atoms with Gasteiger partial charge in [-0.3, -0.25) is 4.79 Å². The summed E-state index contributed by atoms with van der Waals surface area (Å²) in [5.41, 5.74) is -1.44. The van der Waals surface area contributed by atoms with Crippen LogP contribution in [-0.2, 0) is 4.79 Å². The molecule has 0 aliphatic carbocycles. The highest BCUT2D eigenvalue weighted by atomic mass is 19.3. The number of aliphatic hydroxyl groups excluding tert-OH is 1. The van der Waals surface area contributed by atoms with Crippen molar-refractivity contribution in [2.75, 3.05) is 0 Å². The number of alkyl halides is 2. The normalized spacial score (nSPS) is 11.7. The van der Waals surface area contributed by atoms with Gasteiger partial charge in [0.1, 0.15) is 17.4 Å². The second-order valence-corrected chi connectivity index (χ2v) is 3.29. The average molecular weight is 271 g/mol. The molecular weight excluding hydrogens is 264 g/mol. The smallest absolute Gasteiger partial charge is 0.387 e. The first-order valence-corrected chi connectivity index (χ1v) is 4.80. The van der Waals surface area contributed by atoms with Crippen LogP contribution in [0.3, 0.4) is 0 Å². The maximum atomic E-state index is 12.1. The van der Waals surface area contributed by atoms with E-state index >= 15 is 0 Å². The molecular formula is C11H7F2NO5. The maximum absolute atomic E-state index is 12.1. The topological polar surface area (TPSA) is 108 Å². The zero-order chi connectivity index (χ0) is 14.6. The molecule has 0 heterocycles. The van der Waals surface area contributed by atoms with Crippen LogP contribution in [-0.4, -0.2) is 29.1 Å². The Hall–Kier alpha value is -2.53. The molecule has 2 N–H and O–H groups in total. The van der Waals surface area contributed by atoms with Gasteiger partial charge in [0.15, 0.2) is 12.4 Å². The molecule has 1 rings (SSSR count). The van der Waals surface area contributed by atoms with Crippen LogP contribution in [0.2, 0.25) is 0 Å². The minimum atomic E-state index is -3.21. The Morgan fingerprint density at radius 1 is 1.47 bits per heavy atom. The molecule has 0 spiro atoms. The van der Waals surface area contributed by atoms with E-state index in [1.54, 1.807) is 0 Å². The Kier molecular flexibility index (Phi) is 4.50. The number of rotatable bonds is 5. The third kappa shape index (κ3) is 3.02. The number of carboxylic acids is 1. The Bertz CT molecular complexity index is 553. The lowest BCUT2D eigenvalue weighted by Gasteiger charge is -2.13. The summed E-state index contributed by atoms with van der Waals surface area (Å²) in [7, 11) is 0. The molecule has 0 aliphatic rings. The Labute approximate surface area is 105 Å². The van der Waals surface area contributed by atoms with E-state index in [-0.39, 0.29) is 11.8 Å². The lowest BCUT2D eigenvalue weighted by Crippen LogP contribution is -2.14. The molecule has 0 radical (unpaired) electrons. The number of ether oxygens (including phenoxy) is 1. The quantitative estimate of drug-likeness (QED) is 0.776. The number of nitrogens with zero attached hydrogens (tertiary/aromatic N) is 1. The van der Waals surface area contributed by atoms with Gasteiger partial charge in [-0.25, -0.2) is 4.79 Å². The van der Waals surface area contributed by atoms with Crippen LogP contribution in [0.4, 0.5) is 8.78 Å². The summed E-state index contributed by atoms with van der Waals surface area (Å²) in [6.07, 6.45) is -1.95. The zero-order valence-electron chi connectivity index (χ0n) is 9.21. The van der Waals surface area contributed by atoms with E-state index in [1.165, 1.54) is 6.07 Å². The minimum Gasteiger partial charge on any atom is -0.479 e. The molecule has 0 aromatic heterocycles. The SMILES string of the molecule is N#Cc1c(OC(F)F)ccc(C(O)C(=O)O)c1C=O. The molecule has 1 unspecified atom stereocenters. The van der Waals surface area contributed by atoms with Crippen molar-refractivity contribution < 1.29 is 33.3 Å². The minimum absolute atomic E-state index is 0.0956. The number of carboxylic acid groups (broad SMARTS) is 1. The summed E-state index contributed by atoms with van der Waals surface area (Å²) in [5.74, 6) is -2.21. The van der Waals surface area contributed by atoms with Crippen LogP contribution in [0.5, 0.6) is 5.75 Å². The van der Waals surface area contributed by atoms with Crippen molar-refractivity contribution in [3.05, 3.63) is 28.8 Å². The number of hydrogen-bond acceptors (Lipinski definition) is 5. The van der Waals surface area contributed by atoms with E-state index in [9.17, 15) is 23.5 Å². The lowest BCUT2D eigenvalue weighted by atomic mass is 9.97. The number of halogens is 2. The molecule has 0 saturated carbocycles. The Balaban J connectivity index is 3.43. The van der Waals surface area contributed by atoms with Crippen LogP contribution in [0.25, 0.3) is 0 Å². The van der Waals surface area contributed by atoms with Gasteiger partial charge in [-0.05, 0) is 6.07 Å². The van der Waals surface area contributed by atoms with Gasteiger partial charge >= 0.3 is 12.6 Å². The average Bonchev–Trinajstić information content (AvgIpc) is 2.36. The van der Waals surface area contributed by atoms with E-state index in [0.717, 1.165) is 12.1 Å². The molecule has 8 heteroatoms. The number of aldehydes is 1. The van der Waals surface area contributed by atoms with Crippen LogP contribution < -0.4 is 4.74 Å². The summed E-state index contributed by atoms with van der Waals surface area (Å²) in [6, 6.07) is 3.28. The molecule has 1 atom stereocenters. The van der Waals surface area contributed by atoms with Gasteiger partial charge in [0.2, 0.25) is 0 Å². The number of aliphatic carboxylic acids is 1. The largest absolute Gasteiger partial charge is 0.479 e. The lowest BCUT2D eigenvalue weighted by molar-refractivity contribution is -0.147. The van der Waals surface area contributed by atoms with Gasteiger partial charge in [0.05, 0.1) is 0 Å². The molecule has 0 saturated heterocycles. The molecule has 1 aromatic rings. The standard InChI is InChI=1S/C11H7F2NO5/c12-11(13)19-8-2-1-5(9(16)10(17)18)7(4-15)6(8)3-14/h1-2,4,9,11,16H,(H,17,18). The number of aliphatic hydroxyl groups is 1. The van der Waals surface area contributed by atoms with Crippen LogP contribution in [0, 0.1) is 11.3 Å². The first-order valence-electron chi connectivity index (χ1n) is 4.80. The molecule has 19 heavy (non-hydrogen) atoms. The van der Waals surface area contributed by atoms with Gasteiger partial charge in [0, 0.05) is 11.1 Å². The fourth-order valence-electron chi connectivity index (χ4n) is 1.42. The summed E-state index contributed by atoms with van der Waals surface area (Å²) in [4.78, 5) is 21.5. The Morgan fingerprint density at radius 3 is 2.53 bits per heavy atom. The molecule has 6 nitrogen and oxygen atoms in total. The van der Waals surface area contributed by atoms with Gasteiger partial charge < -0.3 is 14.9 Å². The van der Waals surface area contributed by atoms with Crippen molar-refractivity contribution >= 4 is 12.3 Å². The summed E-state index contributed by atoms with van der Waals surface area (Å²) in [5, 5.41) is 26.8. The summed E-state index contributed by atoms with van der Waals surface area (Å²) in [6.45, 7) is -3.21. The van der Waals surface area contributed by atoms with E-state index in [2.05, 4.69) is 4.74 Å². The van der Waals surface area contributed by atoms with Crippen molar-refractivity contribution in [3.63, 3.8) is 0 Å². The number of nitriles is 1. The van der Waals surface area contributed by atoms with Crippen LogP contribution in [0.15, 0.2) is 12.1 Å². The van der Waals surface area contributed by atoms with Gasteiger partial charge in [-0.2, -0.15) is 14.0 Å². The fourth-order valence-corrected chi connectivity index (χ4v) is 1.42. The highest BCUT2D eigenvalue weighted by molar-refractivity contribution is 5.87. The van der Waals surface area contributed by atoms with E-state index in [0.29, 0.717) is 0 Å². The molecule has 100 valence electrons. The fraction of sp³-hybridized carbons (Fsp3) is 0.182. The van der Waals surface area contributed by atoms with Crippen LogP contribution >= 0.6 is 0 Å². The van der Waals surface area contributed by atoms with Crippen molar-refractivity contribution in [1.82, 2.24) is 0 Å². The predicted octanol–water partition coefficient (Wildman–Crippen LogP) is 1.09. The third-order valence-electron chi connectivity index (χ3n) is 2.22. The second-order valence-electron chi connectivity index (χ2n) is 3.29. The molecule has 0 amide bonds. The van der Waals surface area contributed by atoms with Crippen molar-refractivity contribution in [1.29, 1.82) is 5.26 Å².